The molecule has 7 nitrogen and oxygen atoms in total. The van der Waals surface area contributed by atoms with E-state index < -0.39 is 17.5 Å². The Labute approximate surface area is 181 Å². The minimum atomic E-state index is -0.999. The molecule has 3 rings (SSSR count). The van der Waals surface area contributed by atoms with Crippen LogP contribution in [0.25, 0.3) is 0 Å². The number of methoxy groups -OCH3 is 1. The fourth-order valence-corrected chi connectivity index (χ4v) is 3.56. The number of benzene rings is 2. The van der Waals surface area contributed by atoms with Gasteiger partial charge in [0.15, 0.2) is 17.4 Å². The van der Waals surface area contributed by atoms with E-state index in [-0.39, 0.29) is 18.4 Å². The Hall–Kier alpha value is -2.70. The summed E-state index contributed by atoms with van der Waals surface area (Å²) in [5.41, 5.74) is 7.96. The summed E-state index contributed by atoms with van der Waals surface area (Å²) in [6, 6.07) is 13.8. The highest BCUT2D eigenvalue weighted by Gasteiger charge is 2.40. The van der Waals surface area contributed by atoms with E-state index in [9.17, 15) is 9.50 Å². The molecule has 2 aromatic rings. The molecule has 1 fully saturated rings. The first-order valence-corrected chi connectivity index (χ1v) is 10.1. The van der Waals surface area contributed by atoms with E-state index in [0.717, 1.165) is 11.3 Å². The van der Waals surface area contributed by atoms with Crippen molar-refractivity contribution in [2.24, 2.45) is 11.7 Å². The van der Waals surface area contributed by atoms with Crippen molar-refractivity contribution in [1.82, 2.24) is 0 Å². The van der Waals surface area contributed by atoms with E-state index in [1.54, 1.807) is 31.2 Å². The van der Waals surface area contributed by atoms with Crippen LogP contribution >= 0.6 is 0 Å². The number of nitrogens with two attached hydrogens (primary N) is 1. The van der Waals surface area contributed by atoms with Gasteiger partial charge < -0.3 is 30.0 Å². The number of halogens is 1. The number of nitrogens with zero attached hydrogens (tertiary/aromatic N) is 2. The van der Waals surface area contributed by atoms with Gasteiger partial charge in [0.2, 0.25) is 0 Å². The molecule has 1 heterocycles. The number of nitriles is 1. The Kier molecular flexibility index (Phi) is 7.46. The Morgan fingerprint density at radius 1 is 1.29 bits per heavy atom. The quantitative estimate of drug-likeness (QED) is 0.665. The van der Waals surface area contributed by atoms with Gasteiger partial charge in [-0.15, -0.1) is 0 Å². The van der Waals surface area contributed by atoms with Crippen molar-refractivity contribution in [3.63, 3.8) is 0 Å². The fraction of sp³-hybridized carbons (Fsp3) is 0.435. The second kappa shape index (κ2) is 10.1. The highest BCUT2D eigenvalue weighted by atomic mass is 19.1. The van der Waals surface area contributed by atoms with Crippen molar-refractivity contribution in [2.75, 3.05) is 38.4 Å². The summed E-state index contributed by atoms with van der Waals surface area (Å²) < 4.78 is 31.0. The van der Waals surface area contributed by atoms with Gasteiger partial charge in [-0.1, -0.05) is 6.07 Å². The number of rotatable bonds is 8. The van der Waals surface area contributed by atoms with E-state index in [1.165, 1.54) is 13.2 Å². The zero-order valence-corrected chi connectivity index (χ0v) is 17.8. The molecule has 8 heteroatoms. The van der Waals surface area contributed by atoms with Crippen LogP contribution in [0.1, 0.15) is 18.1 Å². The molecule has 0 aliphatic carbocycles. The number of ether oxygens (including phenoxy) is 3. The molecule has 31 heavy (non-hydrogen) atoms. The lowest BCUT2D eigenvalue weighted by molar-refractivity contribution is -0.290. The molecule has 166 valence electrons. The molecule has 3 N–H and O–H groups in total. The predicted octanol–water partition coefficient (Wildman–Crippen LogP) is 2.41. The SMILES string of the molecule is COc1ccc(CN(C[C@@H](CO)C2(C)OCC(N)CO2)c2ccc(C#N)cc2)cc1F. The average molecular weight is 429 g/mol. The summed E-state index contributed by atoms with van der Waals surface area (Å²) in [5.74, 6) is -1.66. The maximum Gasteiger partial charge on any atom is 0.172 e. The first kappa shape index (κ1) is 23.0. The van der Waals surface area contributed by atoms with Gasteiger partial charge >= 0.3 is 0 Å². The summed E-state index contributed by atoms with van der Waals surface area (Å²) in [6.07, 6.45) is 0. The molecule has 0 bridgehead atoms. The Balaban J connectivity index is 1.87. The molecule has 1 aliphatic rings. The van der Waals surface area contributed by atoms with Gasteiger partial charge in [-0.25, -0.2) is 4.39 Å². The van der Waals surface area contributed by atoms with E-state index >= 15 is 0 Å². The van der Waals surface area contributed by atoms with Gasteiger partial charge in [0.1, 0.15) is 0 Å². The monoisotopic (exact) mass is 429 g/mol. The molecule has 0 radical (unpaired) electrons. The molecule has 0 saturated carbocycles. The van der Waals surface area contributed by atoms with E-state index in [4.69, 9.17) is 25.2 Å². The van der Waals surface area contributed by atoms with Crippen molar-refractivity contribution in [3.05, 3.63) is 59.4 Å². The van der Waals surface area contributed by atoms with Crippen LogP contribution in [0.5, 0.6) is 5.75 Å². The highest BCUT2D eigenvalue weighted by Crippen LogP contribution is 2.30. The van der Waals surface area contributed by atoms with E-state index in [0.29, 0.717) is 31.9 Å². The third kappa shape index (κ3) is 5.51. The lowest BCUT2D eigenvalue weighted by Crippen LogP contribution is -2.55. The maximum absolute atomic E-state index is 14.2. The van der Waals surface area contributed by atoms with Crippen LogP contribution in [-0.4, -0.2) is 50.4 Å². The molecular formula is C23H28FN3O4. The van der Waals surface area contributed by atoms with Crippen LogP contribution in [0.4, 0.5) is 10.1 Å². The number of hydrogen-bond donors (Lipinski definition) is 2. The number of aliphatic hydroxyl groups excluding tert-OH is 1. The zero-order valence-electron chi connectivity index (χ0n) is 17.8. The van der Waals surface area contributed by atoms with Gasteiger partial charge in [-0.05, 0) is 48.9 Å². The minimum absolute atomic E-state index is 0.171. The van der Waals surface area contributed by atoms with Crippen molar-refractivity contribution in [1.29, 1.82) is 5.26 Å². The van der Waals surface area contributed by atoms with Crippen LogP contribution in [-0.2, 0) is 16.0 Å². The van der Waals surface area contributed by atoms with Crippen molar-refractivity contribution in [3.8, 4) is 11.8 Å². The molecule has 2 aromatic carbocycles. The summed E-state index contributed by atoms with van der Waals surface area (Å²) in [6.45, 7) is 3.06. The van der Waals surface area contributed by atoms with Gasteiger partial charge in [0.25, 0.3) is 0 Å². The van der Waals surface area contributed by atoms with Crippen LogP contribution in [0.3, 0.4) is 0 Å². The molecule has 0 unspecified atom stereocenters. The summed E-state index contributed by atoms with van der Waals surface area (Å²) in [5, 5.41) is 19.2. The molecule has 1 atom stereocenters. The predicted molar refractivity (Wildman–Crippen MR) is 114 cm³/mol. The number of aliphatic hydroxyl groups is 1. The van der Waals surface area contributed by atoms with E-state index in [1.807, 2.05) is 17.0 Å². The smallest absolute Gasteiger partial charge is 0.172 e. The highest BCUT2D eigenvalue weighted by molar-refractivity contribution is 5.50. The second-order valence-electron chi connectivity index (χ2n) is 7.79. The molecule has 1 saturated heterocycles. The molecule has 0 spiro atoms. The first-order valence-electron chi connectivity index (χ1n) is 10.1. The minimum Gasteiger partial charge on any atom is -0.494 e. The first-order chi connectivity index (χ1) is 14.9. The maximum atomic E-state index is 14.2. The third-order valence-corrected chi connectivity index (χ3v) is 5.52. The van der Waals surface area contributed by atoms with Crippen LogP contribution < -0.4 is 15.4 Å². The Morgan fingerprint density at radius 3 is 2.52 bits per heavy atom. The fourth-order valence-electron chi connectivity index (χ4n) is 3.56. The standard InChI is InChI=1S/C23H28FN3O4/c1-23(30-14-19(26)15-31-23)18(13-28)12-27(20-6-3-16(10-25)4-7-20)11-17-5-8-22(29-2)21(24)9-17/h3-9,18-19,28H,11-15,26H2,1-2H3/t18-,19?,23?/m0/s1. The van der Waals surface area contributed by atoms with Crippen molar-refractivity contribution < 1.29 is 23.7 Å². The summed E-state index contributed by atoms with van der Waals surface area (Å²) in [4.78, 5) is 2.00. The van der Waals surface area contributed by atoms with Crippen molar-refractivity contribution >= 4 is 5.69 Å². The topological polar surface area (TPSA) is 101 Å². The summed E-state index contributed by atoms with van der Waals surface area (Å²) >= 11 is 0. The molecule has 1 aliphatic heterocycles. The number of anilines is 1. The summed E-state index contributed by atoms with van der Waals surface area (Å²) in [7, 11) is 1.42. The molecular weight excluding hydrogens is 401 g/mol. The van der Waals surface area contributed by atoms with Crippen LogP contribution in [0, 0.1) is 23.1 Å². The van der Waals surface area contributed by atoms with Gasteiger partial charge in [-0.2, -0.15) is 5.26 Å². The Morgan fingerprint density at radius 2 is 1.97 bits per heavy atom. The van der Waals surface area contributed by atoms with Gasteiger partial charge in [0, 0.05) is 18.8 Å². The average Bonchev–Trinajstić information content (AvgIpc) is 2.79. The van der Waals surface area contributed by atoms with Crippen LogP contribution in [0.2, 0.25) is 0 Å². The molecule has 0 aromatic heterocycles. The largest absolute Gasteiger partial charge is 0.494 e. The van der Waals surface area contributed by atoms with Gasteiger partial charge in [-0.3, -0.25) is 0 Å². The van der Waals surface area contributed by atoms with Gasteiger partial charge in [0.05, 0.1) is 50.5 Å². The lowest BCUT2D eigenvalue weighted by Gasteiger charge is -2.43. The lowest BCUT2D eigenvalue weighted by atomic mass is 9.98. The van der Waals surface area contributed by atoms with E-state index in [2.05, 4.69) is 6.07 Å². The third-order valence-electron chi connectivity index (χ3n) is 5.52. The second-order valence-corrected chi connectivity index (χ2v) is 7.79. The Bertz CT molecular complexity index is 908. The normalized spacial score (nSPS) is 21.9. The molecule has 0 amide bonds. The number of hydrogen-bond acceptors (Lipinski definition) is 7. The van der Waals surface area contributed by atoms with Crippen LogP contribution in [0.15, 0.2) is 42.5 Å². The van der Waals surface area contributed by atoms with Crippen molar-refractivity contribution in [2.45, 2.75) is 25.3 Å². The zero-order chi connectivity index (χ0) is 22.4.